The molecular weight excluding hydrogens is 308 g/mol. The number of amides is 2. The van der Waals surface area contributed by atoms with E-state index < -0.39 is 17.6 Å². The molecule has 0 aromatic heterocycles. The molecule has 6 heteroatoms. The van der Waals surface area contributed by atoms with Gasteiger partial charge in [-0.25, -0.2) is 0 Å². The molecular formula is C18H24N2O4. The van der Waals surface area contributed by atoms with Crippen molar-refractivity contribution < 1.29 is 19.1 Å². The quantitative estimate of drug-likeness (QED) is 0.831. The molecule has 0 bridgehead atoms. The summed E-state index contributed by atoms with van der Waals surface area (Å²) < 4.78 is 11.7. The second-order valence-corrected chi connectivity index (χ2v) is 6.71. The minimum Gasteiger partial charge on any atom is -0.347 e. The number of ether oxygens (including phenoxy) is 2. The smallest absolute Gasteiger partial charge is 0.313 e. The summed E-state index contributed by atoms with van der Waals surface area (Å²) in [4.78, 5) is 24.0. The normalized spacial score (nSPS) is 21.8. The van der Waals surface area contributed by atoms with Crippen LogP contribution >= 0.6 is 0 Å². The predicted molar refractivity (Wildman–Crippen MR) is 89.6 cm³/mol. The summed E-state index contributed by atoms with van der Waals surface area (Å²) in [6.45, 7) is 4.62. The Hall–Kier alpha value is -1.92. The third-order valence-corrected chi connectivity index (χ3v) is 4.46. The topological polar surface area (TPSA) is 76.7 Å². The molecule has 2 aliphatic rings. The Bertz CT molecular complexity index is 618. The minimum absolute atomic E-state index is 0.193. The summed E-state index contributed by atoms with van der Waals surface area (Å²) >= 11 is 0. The molecule has 3 rings (SSSR count). The van der Waals surface area contributed by atoms with Crippen LogP contribution in [0.2, 0.25) is 0 Å². The van der Waals surface area contributed by atoms with E-state index in [9.17, 15) is 9.59 Å². The van der Waals surface area contributed by atoms with Crippen molar-refractivity contribution in [3.63, 3.8) is 0 Å². The number of hydrogen-bond acceptors (Lipinski definition) is 4. The van der Waals surface area contributed by atoms with Crippen molar-refractivity contribution >= 4 is 17.5 Å². The van der Waals surface area contributed by atoms with E-state index in [1.807, 2.05) is 32.0 Å². The molecule has 2 fully saturated rings. The van der Waals surface area contributed by atoms with Gasteiger partial charge in [0.15, 0.2) is 5.79 Å². The van der Waals surface area contributed by atoms with Gasteiger partial charge in [-0.1, -0.05) is 6.07 Å². The van der Waals surface area contributed by atoms with Gasteiger partial charge in [0, 0.05) is 25.1 Å². The maximum absolute atomic E-state index is 12.0. The average Bonchev–Trinajstić information content (AvgIpc) is 3.14. The van der Waals surface area contributed by atoms with E-state index in [-0.39, 0.29) is 12.6 Å². The van der Waals surface area contributed by atoms with E-state index in [4.69, 9.17) is 9.47 Å². The number of rotatable bonds is 3. The molecule has 1 heterocycles. The van der Waals surface area contributed by atoms with Gasteiger partial charge in [0.05, 0.1) is 6.61 Å². The molecule has 1 aliphatic heterocycles. The zero-order valence-electron chi connectivity index (χ0n) is 14.2. The van der Waals surface area contributed by atoms with Crippen molar-refractivity contribution in [2.45, 2.75) is 51.4 Å². The highest BCUT2D eigenvalue weighted by atomic mass is 16.7. The molecule has 1 saturated heterocycles. The molecule has 24 heavy (non-hydrogen) atoms. The van der Waals surface area contributed by atoms with Gasteiger partial charge < -0.3 is 20.1 Å². The van der Waals surface area contributed by atoms with Crippen LogP contribution in [0.3, 0.4) is 0 Å². The molecule has 1 aromatic carbocycles. The lowest BCUT2D eigenvalue weighted by Crippen LogP contribution is -2.40. The van der Waals surface area contributed by atoms with Crippen LogP contribution in [-0.2, 0) is 19.1 Å². The molecule has 2 amide bonds. The van der Waals surface area contributed by atoms with Gasteiger partial charge >= 0.3 is 11.8 Å². The van der Waals surface area contributed by atoms with Crippen LogP contribution in [0.4, 0.5) is 5.69 Å². The summed E-state index contributed by atoms with van der Waals surface area (Å²) in [6, 6.07) is 5.66. The summed E-state index contributed by atoms with van der Waals surface area (Å²) in [6.07, 6.45) is 3.84. The molecule has 6 nitrogen and oxygen atoms in total. The largest absolute Gasteiger partial charge is 0.347 e. The minimum atomic E-state index is -0.672. The van der Waals surface area contributed by atoms with Crippen molar-refractivity contribution in [2.24, 2.45) is 0 Å². The Morgan fingerprint density at radius 2 is 1.79 bits per heavy atom. The first-order valence-corrected chi connectivity index (χ1v) is 8.45. The van der Waals surface area contributed by atoms with E-state index in [1.54, 1.807) is 0 Å². The first kappa shape index (κ1) is 16.9. The third kappa shape index (κ3) is 3.94. The summed E-state index contributed by atoms with van der Waals surface area (Å²) in [7, 11) is 0. The lowest BCUT2D eigenvalue weighted by Gasteiger charge is -2.21. The summed E-state index contributed by atoms with van der Waals surface area (Å²) in [5.74, 6) is -1.78. The Labute approximate surface area is 141 Å². The molecule has 1 saturated carbocycles. The highest BCUT2D eigenvalue weighted by molar-refractivity contribution is 6.39. The molecule has 1 atom stereocenters. The van der Waals surface area contributed by atoms with Crippen molar-refractivity contribution in [3.05, 3.63) is 29.3 Å². The van der Waals surface area contributed by atoms with Crippen LogP contribution in [0.5, 0.6) is 0 Å². The average molecular weight is 332 g/mol. The van der Waals surface area contributed by atoms with E-state index >= 15 is 0 Å². The molecule has 130 valence electrons. The number of carbonyl (C=O) groups is 2. The monoisotopic (exact) mass is 332 g/mol. The Balaban J connectivity index is 1.47. The second kappa shape index (κ2) is 6.91. The molecule has 0 unspecified atom stereocenters. The van der Waals surface area contributed by atoms with Crippen LogP contribution in [-0.4, -0.2) is 36.9 Å². The van der Waals surface area contributed by atoms with E-state index in [0.29, 0.717) is 12.3 Å². The van der Waals surface area contributed by atoms with Crippen LogP contribution in [0, 0.1) is 13.8 Å². The predicted octanol–water partition coefficient (Wildman–Crippen LogP) is 2.04. The third-order valence-electron chi connectivity index (χ3n) is 4.46. The fourth-order valence-electron chi connectivity index (χ4n) is 3.41. The number of anilines is 1. The number of carbonyl (C=O) groups excluding carboxylic acids is 2. The first-order chi connectivity index (χ1) is 11.5. The first-order valence-electron chi connectivity index (χ1n) is 8.45. The van der Waals surface area contributed by atoms with Crippen molar-refractivity contribution in [1.29, 1.82) is 0 Å². The standard InChI is InChI=1S/C18H24N2O4/c1-12-7-13(2)9-14(8-12)20-17(22)16(21)19-10-15-11-23-18(24-15)5-3-4-6-18/h7-9,15H,3-6,10-11H2,1-2H3,(H,19,21)(H,20,22)/t15-/m0/s1. The maximum Gasteiger partial charge on any atom is 0.313 e. The fourth-order valence-corrected chi connectivity index (χ4v) is 3.41. The lowest BCUT2D eigenvalue weighted by molar-refractivity contribution is -0.161. The van der Waals surface area contributed by atoms with Crippen LogP contribution < -0.4 is 10.6 Å². The number of nitrogens with one attached hydrogen (secondary N) is 2. The van der Waals surface area contributed by atoms with Gasteiger partial charge in [-0.2, -0.15) is 0 Å². The zero-order valence-corrected chi connectivity index (χ0v) is 14.2. The van der Waals surface area contributed by atoms with Gasteiger partial charge in [0.2, 0.25) is 0 Å². The zero-order chi connectivity index (χ0) is 17.2. The Kier molecular flexibility index (Phi) is 4.87. The van der Waals surface area contributed by atoms with E-state index in [2.05, 4.69) is 10.6 Å². The van der Waals surface area contributed by atoms with Gasteiger partial charge in [-0.15, -0.1) is 0 Å². The maximum atomic E-state index is 12.0. The summed E-state index contributed by atoms with van der Waals surface area (Å²) in [5, 5.41) is 5.25. The van der Waals surface area contributed by atoms with Gasteiger partial charge in [-0.3, -0.25) is 9.59 Å². The Morgan fingerprint density at radius 3 is 2.46 bits per heavy atom. The van der Waals surface area contributed by atoms with Crippen molar-refractivity contribution in [3.8, 4) is 0 Å². The Morgan fingerprint density at radius 1 is 1.12 bits per heavy atom. The SMILES string of the molecule is Cc1cc(C)cc(NC(=O)C(=O)NC[C@H]2COC3(CCCC3)O2)c1. The number of benzene rings is 1. The van der Waals surface area contributed by atoms with Gasteiger partial charge in [0.25, 0.3) is 0 Å². The van der Waals surface area contributed by atoms with Crippen molar-refractivity contribution in [2.75, 3.05) is 18.5 Å². The lowest BCUT2D eigenvalue weighted by atomic mass is 10.1. The molecule has 1 spiro atoms. The van der Waals surface area contributed by atoms with Crippen LogP contribution in [0.1, 0.15) is 36.8 Å². The van der Waals surface area contributed by atoms with E-state index in [1.165, 1.54) is 0 Å². The second-order valence-electron chi connectivity index (χ2n) is 6.71. The van der Waals surface area contributed by atoms with Crippen LogP contribution in [0.15, 0.2) is 18.2 Å². The molecule has 1 aliphatic carbocycles. The number of hydrogen-bond donors (Lipinski definition) is 2. The molecule has 0 radical (unpaired) electrons. The summed E-state index contributed by atoms with van der Waals surface area (Å²) in [5.41, 5.74) is 2.69. The molecule has 1 aromatic rings. The highest BCUT2D eigenvalue weighted by Crippen LogP contribution is 2.38. The molecule has 2 N–H and O–H groups in total. The number of aryl methyl sites for hydroxylation is 2. The van der Waals surface area contributed by atoms with Crippen molar-refractivity contribution in [1.82, 2.24) is 5.32 Å². The highest BCUT2D eigenvalue weighted by Gasteiger charge is 2.43. The van der Waals surface area contributed by atoms with E-state index in [0.717, 1.165) is 36.8 Å². The fraction of sp³-hybridized carbons (Fsp3) is 0.556. The van der Waals surface area contributed by atoms with Crippen LogP contribution in [0.25, 0.3) is 0 Å². The van der Waals surface area contributed by atoms with Gasteiger partial charge in [0.1, 0.15) is 6.10 Å². The van der Waals surface area contributed by atoms with Gasteiger partial charge in [-0.05, 0) is 49.9 Å².